The maximum absolute atomic E-state index is 4.26. The summed E-state index contributed by atoms with van der Waals surface area (Å²) in [6, 6.07) is 0. The predicted octanol–water partition coefficient (Wildman–Crippen LogP) is 0.805. The summed E-state index contributed by atoms with van der Waals surface area (Å²) in [6.07, 6.45) is 5.68. The second kappa shape index (κ2) is 5.77. The molecule has 0 saturated carbocycles. The van der Waals surface area contributed by atoms with E-state index in [9.17, 15) is 0 Å². The lowest BCUT2D eigenvalue weighted by Crippen LogP contribution is -2.19. The monoisotopic (exact) mass is 248 g/mol. The highest BCUT2D eigenvalue weighted by atomic mass is 15.4. The molecule has 0 spiro atoms. The van der Waals surface area contributed by atoms with Crippen LogP contribution in [0.1, 0.15) is 25.4 Å². The zero-order valence-corrected chi connectivity index (χ0v) is 11.2. The lowest BCUT2D eigenvalue weighted by molar-refractivity contribution is 0.548. The number of imidazole rings is 1. The summed E-state index contributed by atoms with van der Waals surface area (Å²) in [6.45, 7) is 6.78. The second-order valence-electron chi connectivity index (χ2n) is 4.89. The van der Waals surface area contributed by atoms with E-state index in [1.807, 2.05) is 28.7 Å². The van der Waals surface area contributed by atoms with Crippen LogP contribution >= 0.6 is 0 Å². The molecule has 18 heavy (non-hydrogen) atoms. The zero-order valence-electron chi connectivity index (χ0n) is 11.2. The van der Waals surface area contributed by atoms with Crippen molar-refractivity contribution in [3.8, 4) is 0 Å². The maximum atomic E-state index is 4.26. The summed E-state index contributed by atoms with van der Waals surface area (Å²) >= 11 is 0. The van der Waals surface area contributed by atoms with Gasteiger partial charge in [-0.1, -0.05) is 19.1 Å². The van der Waals surface area contributed by atoms with Gasteiger partial charge in [0.2, 0.25) is 0 Å². The number of rotatable bonds is 6. The van der Waals surface area contributed by atoms with Crippen molar-refractivity contribution in [1.29, 1.82) is 0 Å². The van der Waals surface area contributed by atoms with Gasteiger partial charge in [0, 0.05) is 26.0 Å². The van der Waals surface area contributed by atoms with Gasteiger partial charge >= 0.3 is 0 Å². The Kier molecular flexibility index (Phi) is 4.09. The summed E-state index contributed by atoms with van der Waals surface area (Å²) in [4.78, 5) is 4.26. The Morgan fingerprint density at radius 2 is 2.22 bits per heavy atom. The van der Waals surface area contributed by atoms with Gasteiger partial charge in [0.25, 0.3) is 0 Å². The summed E-state index contributed by atoms with van der Waals surface area (Å²) in [5.74, 6) is 1.62. The quantitative estimate of drug-likeness (QED) is 0.821. The Labute approximate surface area is 107 Å². The molecule has 0 aromatic carbocycles. The molecule has 0 atom stereocenters. The number of nitrogens with zero attached hydrogens (tertiary/aromatic N) is 5. The standard InChI is InChI=1S/C12H20N6/c1-10(2)6-13-7-11-8-18(16-15-11)9-12-14-4-5-17(12)3/h4-5,8,10,13H,6-7,9H2,1-3H3. The van der Waals surface area contributed by atoms with Gasteiger partial charge < -0.3 is 9.88 Å². The van der Waals surface area contributed by atoms with Crippen molar-refractivity contribution < 1.29 is 0 Å². The third-order valence-corrected chi connectivity index (χ3v) is 2.67. The fraction of sp³-hybridized carbons (Fsp3) is 0.583. The van der Waals surface area contributed by atoms with Crippen LogP contribution in [-0.4, -0.2) is 31.1 Å². The topological polar surface area (TPSA) is 60.6 Å². The first kappa shape index (κ1) is 12.8. The molecule has 6 heteroatoms. The Morgan fingerprint density at radius 1 is 1.39 bits per heavy atom. The van der Waals surface area contributed by atoms with Crippen LogP contribution in [0.4, 0.5) is 0 Å². The van der Waals surface area contributed by atoms with E-state index in [0.29, 0.717) is 12.5 Å². The number of aryl methyl sites for hydroxylation is 1. The van der Waals surface area contributed by atoms with E-state index in [4.69, 9.17) is 0 Å². The van der Waals surface area contributed by atoms with Gasteiger partial charge in [0.15, 0.2) is 0 Å². The number of hydrogen-bond donors (Lipinski definition) is 1. The lowest BCUT2D eigenvalue weighted by Gasteiger charge is -2.04. The van der Waals surface area contributed by atoms with E-state index in [1.54, 1.807) is 6.20 Å². The van der Waals surface area contributed by atoms with Gasteiger partial charge in [-0.05, 0) is 12.5 Å². The van der Waals surface area contributed by atoms with Gasteiger partial charge in [-0.25, -0.2) is 9.67 Å². The highest BCUT2D eigenvalue weighted by molar-refractivity contribution is 4.96. The van der Waals surface area contributed by atoms with Crippen molar-refractivity contribution in [2.45, 2.75) is 26.9 Å². The molecular formula is C12H20N6. The summed E-state index contributed by atoms with van der Waals surface area (Å²) in [7, 11) is 1.98. The molecular weight excluding hydrogens is 228 g/mol. The molecule has 0 fully saturated rings. The number of nitrogens with one attached hydrogen (secondary N) is 1. The molecule has 0 aliphatic carbocycles. The van der Waals surface area contributed by atoms with Crippen LogP contribution in [0.5, 0.6) is 0 Å². The molecule has 0 radical (unpaired) electrons. The van der Waals surface area contributed by atoms with Crippen molar-refractivity contribution in [3.05, 3.63) is 30.1 Å². The molecule has 0 saturated heterocycles. The van der Waals surface area contributed by atoms with Crippen molar-refractivity contribution in [2.24, 2.45) is 13.0 Å². The van der Waals surface area contributed by atoms with Gasteiger partial charge in [-0.15, -0.1) is 5.10 Å². The average Bonchev–Trinajstić information content (AvgIpc) is 2.90. The molecule has 2 rings (SSSR count). The average molecular weight is 248 g/mol. The van der Waals surface area contributed by atoms with Crippen molar-refractivity contribution >= 4 is 0 Å². The first-order valence-electron chi connectivity index (χ1n) is 6.21. The number of hydrogen-bond acceptors (Lipinski definition) is 4. The molecule has 0 unspecified atom stereocenters. The normalized spacial score (nSPS) is 11.3. The molecule has 1 N–H and O–H groups in total. The summed E-state index contributed by atoms with van der Waals surface area (Å²) in [5, 5.41) is 11.6. The van der Waals surface area contributed by atoms with E-state index in [-0.39, 0.29) is 0 Å². The smallest absolute Gasteiger partial charge is 0.130 e. The molecule has 0 amide bonds. The van der Waals surface area contributed by atoms with Crippen LogP contribution in [-0.2, 0) is 20.1 Å². The molecule has 0 bridgehead atoms. The zero-order chi connectivity index (χ0) is 13.0. The van der Waals surface area contributed by atoms with E-state index in [2.05, 4.69) is 34.5 Å². The SMILES string of the molecule is CC(C)CNCc1cn(Cc2nccn2C)nn1. The van der Waals surface area contributed by atoms with Gasteiger partial charge in [-0.3, -0.25) is 0 Å². The molecule has 0 aliphatic rings. The lowest BCUT2D eigenvalue weighted by atomic mass is 10.2. The van der Waals surface area contributed by atoms with E-state index in [1.165, 1.54) is 0 Å². The third-order valence-electron chi connectivity index (χ3n) is 2.67. The first-order valence-corrected chi connectivity index (χ1v) is 6.21. The van der Waals surface area contributed by atoms with Crippen LogP contribution in [0.3, 0.4) is 0 Å². The highest BCUT2D eigenvalue weighted by Gasteiger charge is 2.04. The third kappa shape index (κ3) is 3.40. The van der Waals surface area contributed by atoms with Gasteiger partial charge in [0.1, 0.15) is 12.4 Å². The number of aromatic nitrogens is 5. The van der Waals surface area contributed by atoms with Crippen molar-refractivity contribution in [2.75, 3.05) is 6.54 Å². The molecule has 2 aromatic rings. The largest absolute Gasteiger partial charge is 0.336 e. The highest BCUT2D eigenvalue weighted by Crippen LogP contribution is 1.99. The van der Waals surface area contributed by atoms with Crippen LogP contribution in [0.2, 0.25) is 0 Å². The van der Waals surface area contributed by atoms with Crippen LogP contribution < -0.4 is 5.32 Å². The molecule has 0 aliphatic heterocycles. The van der Waals surface area contributed by atoms with Crippen molar-refractivity contribution in [1.82, 2.24) is 29.9 Å². The molecule has 6 nitrogen and oxygen atoms in total. The maximum Gasteiger partial charge on any atom is 0.130 e. The Morgan fingerprint density at radius 3 is 2.89 bits per heavy atom. The van der Waals surface area contributed by atoms with Gasteiger partial charge in [-0.2, -0.15) is 0 Å². The minimum atomic E-state index is 0.646. The van der Waals surface area contributed by atoms with Gasteiger partial charge in [0.05, 0.1) is 11.9 Å². The Hall–Kier alpha value is -1.69. The summed E-state index contributed by atoms with van der Waals surface area (Å²) < 4.78 is 3.80. The van der Waals surface area contributed by atoms with Crippen LogP contribution in [0.15, 0.2) is 18.6 Å². The fourth-order valence-electron chi connectivity index (χ4n) is 1.68. The molecule has 98 valence electrons. The Bertz CT molecular complexity index is 484. The van der Waals surface area contributed by atoms with E-state index >= 15 is 0 Å². The fourth-order valence-corrected chi connectivity index (χ4v) is 1.68. The Balaban J connectivity index is 1.88. The van der Waals surface area contributed by atoms with E-state index < -0.39 is 0 Å². The van der Waals surface area contributed by atoms with E-state index in [0.717, 1.165) is 24.6 Å². The molecule has 2 aromatic heterocycles. The predicted molar refractivity (Wildman–Crippen MR) is 68.9 cm³/mol. The molecule has 2 heterocycles. The first-order chi connectivity index (χ1) is 8.65. The van der Waals surface area contributed by atoms with Crippen LogP contribution in [0.25, 0.3) is 0 Å². The minimum Gasteiger partial charge on any atom is -0.336 e. The van der Waals surface area contributed by atoms with Crippen molar-refractivity contribution in [3.63, 3.8) is 0 Å². The summed E-state index contributed by atoms with van der Waals surface area (Å²) in [5.41, 5.74) is 0.963. The minimum absolute atomic E-state index is 0.646. The second-order valence-corrected chi connectivity index (χ2v) is 4.89. The van der Waals surface area contributed by atoms with Crippen LogP contribution in [0, 0.1) is 5.92 Å².